The van der Waals surface area contributed by atoms with E-state index in [2.05, 4.69) is 26.5 Å². The monoisotopic (exact) mass is 302 g/mol. The molecule has 0 spiro atoms. The Morgan fingerprint density at radius 3 is 2.95 bits per heavy atom. The number of pyridine rings is 1. The molecular weight excluding hydrogens is 288 g/mol. The first-order chi connectivity index (χ1) is 9.92. The maximum Gasteiger partial charge on any atom is 0.244 e. The Kier molecular flexibility index (Phi) is 3.86. The zero-order chi connectivity index (χ0) is 13.4. The largest absolute Gasteiger partial charge is 0.337 e. The molecule has 1 fully saturated rings. The Hall–Kier alpha value is -1.98. The number of nitrogens with one attached hydrogen (secondary N) is 1. The molecule has 1 saturated heterocycles. The van der Waals surface area contributed by atoms with Crippen LogP contribution >= 0.6 is 12.4 Å². The average molecular weight is 303 g/mol. The molecule has 108 valence electrons. The fourth-order valence-electron chi connectivity index (χ4n) is 2.67. The zero-order valence-electron chi connectivity index (χ0n) is 11.3. The second kappa shape index (κ2) is 5.79. The van der Waals surface area contributed by atoms with Gasteiger partial charge in [-0.2, -0.15) is 4.98 Å². The van der Waals surface area contributed by atoms with Crippen LogP contribution in [0.3, 0.4) is 0 Å². The van der Waals surface area contributed by atoms with Crippen molar-refractivity contribution in [2.24, 2.45) is 0 Å². The summed E-state index contributed by atoms with van der Waals surface area (Å²) in [4.78, 5) is 8.92. The summed E-state index contributed by atoms with van der Waals surface area (Å²) in [5.41, 5.74) is 0.774. The van der Waals surface area contributed by atoms with Crippen LogP contribution in [0.5, 0.6) is 0 Å². The van der Waals surface area contributed by atoms with E-state index in [4.69, 9.17) is 4.52 Å². The second-order valence-corrected chi connectivity index (χ2v) is 4.99. The third kappa shape index (κ3) is 2.50. The van der Waals surface area contributed by atoms with Gasteiger partial charge in [-0.05, 0) is 30.8 Å². The predicted molar refractivity (Wildman–Crippen MR) is 82.3 cm³/mol. The summed E-state index contributed by atoms with van der Waals surface area (Å²) in [5.74, 6) is 1.22. The van der Waals surface area contributed by atoms with Gasteiger partial charge in [0.25, 0.3) is 0 Å². The Morgan fingerprint density at radius 1 is 1.19 bits per heavy atom. The molecule has 2 aromatic heterocycles. The van der Waals surface area contributed by atoms with E-state index in [-0.39, 0.29) is 18.4 Å². The van der Waals surface area contributed by atoms with Gasteiger partial charge in [-0.3, -0.25) is 4.98 Å². The van der Waals surface area contributed by atoms with Crippen molar-refractivity contribution in [2.45, 2.75) is 18.9 Å². The summed E-state index contributed by atoms with van der Waals surface area (Å²) in [6.07, 6.45) is 3.97. The molecule has 1 N–H and O–H groups in total. The number of rotatable bonds is 2. The molecule has 0 radical (unpaired) electrons. The van der Waals surface area contributed by atoms with Crippen molar-refractivity contribution in [3.05, 3.63) is 42.4 Å². The minimum Gasteiger partial charge on any atom is -0.337 e. The summed E-state index contributed by atoms with van der Waals surface area (Å²) >= 11 is 0. The third-order valence-electron chi connectivity index (χ3n) is 3.69. The number of fused-ring (bicyclic) bond motifs is 1. The minimum atomic E-state index is 0. The Balaban J connectivity index is 0.00000132. The van der Waals surface area contributed by atoms with Crippen LogP contribution < -0.4 is 5.32 Å². The van der Waals surface area contributed by atoms with Crippen molar-refractivity contribution in [1.29, 1.82) is 0 Å². The van der Waals surface area contributed by atoms with Gasteiger partial charge in [-0.1, -0.05) is 29.4 Å². The van der Waals surface area contributed by atoms with Gasteiger partial charge in [0.15, 0.2) is 0 Å². The van der Waals surface area contributed by atoms with Gasteiger partial charge in [0.05, 0.1) is 6.04 Å². The second-order valence-electron chi connectivity index (χ2n) is 4.99. The number of nitrogens with zero attached hydrogens (tertiary/aromatic N) is 3. The number of hydrogen-bond donors (Lipinski definition) is 1. The highest BCUT2D eigenvalue weighted by Crippen LogP contribution is 2.27. The number of halogens is 1. The van der Waals surface area contributed by atoms with E-state index in [9.17, 15) is 0 Å². The van der Waals surface area contributed by atoms with Crippen LogP contribution in [-0.4, -0.2) is 21.7 Å². The molecule has 3 aromatic rings. The zero-order valence-corrected chi connectivity index (χ0v) is 12.1. The Bertz CT molecular complexity index is 747. The highest BCUT2D eigenvalue weighted by Gasteiger charge is 2.23. The van der Waals surface area contributed by atoms with Gasteiger partial charge in [-0.25, -0.2) is 0 Å². The molecule has 0 aliphatic carbocycles. The van der Waals surface area contributed by atoms with Crippen LogP contribution in [0.15, 0.2) is 41.1 Å². The van der Waals surface area contributed by atoms with Gasteiger partial charge >= 0.3 is 0 Å². The topological polar surface area (TPSA) is 63.8 Å². The van der Waals surface area contributed by atoms with E-state index in [0.717, 1.165) is 35.9 Å². The molecule has 1 aliphatic heterocycles. The van der Waals surface area contributed by atoms with E-state index in [1.54, 1.807) is 6.20 Å². The molecule has 0 amide bonds. The lowest BCUT2D eigenvalue weighted by atomic mass is 10.1. The average Bonchev–Trinajstić information content (AvgIpc) is 3.17. The van der Waals surface area contributed by atoms with Crippen LogP contribution in [0.2, 0.25) is 0 Å². The molecule has 1 unspecified atom stereocenters. The minimum absolute atomic E-state index is 0. The molecule has 3 heterocycles. The summed E-state index contributed by atoms with van der Waals surface area (Å²) in [6.45, 7) is 1.01. The van der Waals surface area contributed by atoms with Gasteiger partial charge in [0, 0.05) is 11.6 Å². The van der Waals surface area contributed by atoms with E-state index in [0.29, 0.717) is 11.7 Å². The smallest absolute Gasteiger partial charge is 0.244 e. The van der Waals surface area contributed by atoms with E-state index < -0.39 is 0 Å². The molecule has 1 aromatic carbocycles. The first kappa shape index (κ1) is 14.0. The maximum absolute atomic E-state index is 5.39. The molecule has 21 heavy (non-hydrogen) atoms. The summed E-state index contributed by atoms with van der Waals surface area (Å²) in [5, 5.41) is 9.62. The Morgan fingerprint density at radius 2 is 2.10 bits per heavy atom. The highest BCUT2D eigenvalue weighted by molar-refractivity contribution is 5.92. The summed E-state index contributed by atoms with van der Waals surface area (Å²) < 4.78 is 5.39. The van der Waals surface area contributed by atoms with E-state index in [1.807, 2.05) is 24.3 Å². The highest BCUT2D eigenvalue weighted by atomic mass is 35.5. The SMILES string of the molecule is Cl.c1ccc2c(-c3noc(C4CCCN4)n3)nccc2c1. The molecule has 4 rings (SSSR count). The van der Waals surface area contributed by atoms with Gasteiger partial charge in [-0.15, -0.1) is 12.4 Å². The Labute approximate surface area is 128 Å². The molecular formula is C15H15ClN4O. The van der Waals surface area contributed by atoms with E-state index >= 15 is 0 Å². The normalized spacial score (nSPS) is 17.8. The van der Waals surface area contributed by atoms with Crippen LogP contribution in [0.4, 0.5) is 0 Å². The lowest BCUT2D eigenvalue weighted by Crippen LogP contribution is -2.12. The van der Waals surface area contributed by atoms with Crippen LogP contribution in [0, 0.1) is 0 Å². The maximum atomic E-state index is 5.39. The lowest BCUT2D eigenvalue weighted by molar-refractivity contribution is 0.345. The standard InChI is InChI=1S/C15H14N4O.ClH/c1-2-5-11-10(4-1)7-9-17-13(11)14-18-15(20-19-14)12-6-3-8-16-12;/h1-2,4-5,7,9,12,16H,3,6,8H2;1H. The fourth-order valence-corrected chi connectivity index (χ4v) is 2.67. The van der Waals surface area contributed by atoms with Gasteiger partial charge in [0.1, 0.15) is 5.69 Å². The first-order valence-corrected chi connectivity index (χ1v) is 6.83. The van der Waals surface area contributed by atoms with Crippen molar-refractivity contribution < 1.29 is 4.52 Å². The van der Waals surface area contributed by atoms with Crippen LogP contribution in [0.25, 0.3) is 22.3 Å². The van der Waals surface area contributed by atoms with E-state index in [1.165, 1.54) is 0 Å². The third-order valence-corrected chi connectivity index (χ3v) is 3.69. The number of aromatic nitrogens is 3. The van der Waals surface area contributed by atoms with Crippen molar-refractivity contribution in [3.63, 3.8) is 0 Å². The quantitative estimate of drug-likeness (QED) is 0.788. The molecule has 1 atom stereocenters. The predicted octanol–water partition coefficient (Wildman–Crippen LogP) is 3.13. The number of hydrogen-bond acceptors (Lipinski definition) is 5. The summed E-state index contributed by atoms with van der Waals surface area (Å²) in [6, 6.07) is 10.3. The molecule has 1 aliphatic rings. The first-order valence-electron chi connectivity index (χ1n) is 6.83. The molecule has 5 nitrogen and oxygen atoms in total. The van der Waals surface area contributed by atoms with Crippen molar-refractivity contribution >= 4 is 23.2 Å². The summed E-state index contributed by atoms with van der Waals surface area (Å²) in [7, 11) is 0. The van der Waals surface area contributed by atoms with Crippen molar-refractivity contribution in [3.8, 4) is 11.5 Å². The van der Waals surface area contributed by atoms with Crippen LogP contribution in [0.1, 0.15) is 24.8 Å². The number of benzene rings is 1. The van der Waals surface area contributed by atoms with Crippen molar-refractivity contribution in [2.75, 3.05) is 6.54 Å². The van der Waals surface area contributed by atoms with Crippen LogP contribution in [-0.2, 0) is 0 Å². The lowest BCUT2D eigenvalue weighted by Gasteiger charge is -2.02. The molecule has 6 heteroatoms. The fraction of sp³-hybridized carbons (Fsp3) is 0.267. The van der Waals surface area contributed by atoms with Gasteiger partial charge in [0.2, 0.25) is 11.7 Å². The van der Waals surface area contributed by atoms with Gasteiger partial charge < -0.3 is 9.84 Å². The molecule has 0 saturated carbocycles. The van der Waals surface area contributed by atoms with Crippen molar-refractivity contribution in [1.82, 2.24) is 20.4 Å². The molecule has 0 bridgehead atoms.